The van der Waals surface area contributed by atoms with Crippen LogP contribution in [0.15, 0.2) is 52.5 Å². The minimum atomic E-state index is -0.785. The Morgan fingerprint density at radius 2 is 1.97 bits per heavy atom. The van der Waals surface area contributed by atoms with Gasteiger partial charge in [-0.1, -0.05) is 12.1 Å². The highest BCUT2D eigenvalue weighted by molar-refractivity contribution is 5.83. The number of hydrogen-bond donors (Lipinski definition) is 1. The first-order chi connectivity index (χ1) is 14.5. The molecule has 2 aromatic heterocycles. The molecule has 4 rings (SSSR count). The Bertz CT molecular complexity index is 1370. The first-order valence-electron chi connectivity index (χ1n) is 8.98. The summed E-state index contributed by atoms with van der Waals surface area (Å²) in [6.07, 6.45) is 9.51. The van der Waals surface area contributed by atoms with E-state index in [0.717, 1.165) is 21.7 Å². The van der Waals surface area contributed by atoms with Crippen molar-refractivity contribution >= 4 is 22.9 Å². The number of benzene rings is 2. The van der Waals surface area contributed by atoms with Gasteiger partial charge in [-0.3, -0.25) is 14.5 Å². The zero-order valence-electron chi connectivity index (χ0n) is 15.9. The molecule has 148 valence electrons. The maximum absolute atomic E-state index is 14.9. The van der Waals surface area contributed by atoms with Gasteiger partial charge in [0.2, 0.25) is 0 Å². The van der Waals surface area contributed by atoms with Crippen LogP contribution in [0.2, 0.25) is 0 Å². The SMILES string of the molecule is C#Cc1ncc(=O)n(Cc2c(F)cc(-c3ccc4cn[nH]c4c3)cc2F)c1N=CC. The van der Waals surface area contributed by atoms with Crippen molar-refractivity contribution in [2.45, 2.75) is 13.5 Å². The second-order valence-corrected chi connectivity index (χ2v) is 6.48. The fourth-order valence-corrected chi connectivity index (χ4v) is 3.18. The van der Waals surface area contributed by atoms with Crippen LogP contribution in [0.1, 0.15) is 18.2 Å². The van der Waals surface area contributed by atoms with E-state index in [4.69, 9.17) is 6.42 Å². The average Bonchev–Trinajstić information content (AvgIpc) is 3.20. The summed E-state index contributed by atoms with van der Waals surface area (Å²) in [5.74, 6) is 0.825. The van der Waals surface area contributed by atoms with Crippen molar-refractivity contribution in [1.82, 2.24) is 19.7 Å². The topological polar surface area (TPSA) is 75.9 Å². The van der Waals surface area contributed by atoms with Crippen LogP contribution in [0.5, 0.6) is 0 Å². The molecule has 0 atom stereocenters. The molecule has 1 N–H and O–H groups in total. The predicted molar refractivity (Wildman–Crippen MR) is 111 cm³/mol. The van der Waals surface area contributed by atoms with Crippen molar-refractivity contribution in [2.75, 3.05) is 0 Å². The van der Waals surface area contributed by atoms with Crippen LogP contribution in [0.25, 0.3) is 22.0 Å². The predicted octanol–water partition coefficient (Wildman–Crippen LogP) is 3.82. The van der Waals surface area contributed by atoms with Crippen LogP contribution < -0.4 is 5.56 Å². The normalized spacial score (nSPS) is 11.3. The van der Waals surface area contributed by atoms with Gasteiger partial charge < -0.3 is 0 Å². The molecule has 30 heavy (non-hydrogen) atoms. The maximum atomic E-state index is 14.9. The summed E-state index contributed by atoms with van der Waals surface area (Å²) in [7, 11) is 0. The van der Waals surface area contributed by atoms with Crippen LogP contribution in [0.3, 0.4) is 0 Å². The zero-order valence-corrected chi connectivity index (χ0v) is 15.9. The molecule has 0 radical (unpaired) electrons. The summed E-state index contributed by atoms with van der Waals surface area (Å²) in [4.78, 5) is 20.2. The Kier molecular flexibility index (Phi) is 4.94. The number of terminal acetylenes is 1. The van der Waals surface area contributed by atoms with Gasteiger partial charge in [-0.15, -0.1) is 6.42 Å². The monoisotopic (exact) mass is 403 g/mol. The first-order valence-corrected chi connectivity index (χ1v) is 8.98. The molecule has 0 fully saturated rings. The lowest BCUT2D eigenvalue weighted by molar-refractivity contribution is 0.542. The summed E-state index contributed by atoms with van der Waals surface area (Å²) in [5.41, 5.74) is 1.02. The van der Waals surface area contributed by atoms with E-state index < -0.39 is 17.2 Å². The molecule has 0 aliphatic heterocycles. The summed E-state index contributed by atoms with van der Waals surface area (Å²) in [5, 5.41) is 7.66. The van der Waals surface area contributed by atoms with Crippen LogP contribution in [0, 0.1) is 24.0 Å². The molecule has 0 aliphatic carbocycles. The van der Waals surface area contributed by atoms with E-state index >= 15 is 0 Å². The number of nitrogens with one attached hydrogen (secondary N) is 1. The highest BCUT2D eigenvalue weighted by Crippen LogP contribution is 2.28. The Balaban J connectivity index is 1.79. The van der Waals surface area contributed by atoms with Gasteiger partial charge in [-0.2, -0.15) is 5.10 Å². The Hall–Kier alpha value is -4.12. The van der Waals surface area contributed by atoms with Crippen molar-refractivity contribution < 1.29 is 8.78 Å². The van der Waals surface area contributed by atoms with E-state index in [2.05, 4.69) is 26.1 Å². The van der Waals surface area contributed by atoms with E-state index in [1.165, 1.54) is 18.3 Å². The summed E-state index contributed by atoms with van der Waals surface area (Å²) >= 11 is 0. The van der Waals surface area contributed by atoms with Gasteiger partial charge in [0.05, 0.1) is 24.5 Å². The zero-order chi connectivity index (χ0) is 21.3. The highest BCUT2D eigenvalue weighted by atomic mass is 19.1. The molecule has 0 amide bonds. The van der Waals surface area contributed by atoms with Crippen molar-refractivity contribution in [3.63, 3.8) is 0 Å². The number of hydrogen-bond acceptors (Lipinski definition) is 4. The largest absolute Gasteiger partial charge is 0.285 e. The van der Waals surface area contributed by atoms with Gasteiger partial charge in [0, 0.05) is 17.2 Å². The molecule has 6 nitrogen and oxygen atoms in total. The van der Waals surface area contributed by atoms with E-state index in [-0.39, 0.29) is 23.6 Å². The molecular formula is C22H15F2N5O. The van der Waals surface area contributed by atoms with E-state index in [1.807, 2.05) is 6.07 Å². The minimum Gasteiger partial charge on any atom is -0.285 e. The molecule has 0 spiro atoms. The van der Waals surface area contributed by atoms with Crippen molar-refractivity contribution in [1.29, 1.82) is 0 Å². The van der Waals surface area contributed by atoms with Crippen molar-refractivity contribution in [3.8, 4) is 23.5 Å². The van der Waals surface area contributed by atoms with Crippen molar-refractivity contribution in [3.05, 3.63) is 76.0 Å². The molecule has 4 aromatic rings. The quantitative estimate of drug-likeness (QED) is 0.416. The molecule has 0 unspecified atom stereocenters. The Labute approximate surface area is 169 Å². The Morgan fingerprint density at radius 1 is 1.20 bits per heavy atom. The molecule has 0 saturated carbocycles. The number of fused-ring (bicyclic) bond motifs is 1. The number of nitrogens with zero attached hydrogens (tertiary/aromatic N) is 4. The van der Waals surface area contributed by atoms with E-state index in [1.54, 1.807) is 25.3 Å². The minimum absolute atomic E-state index is 0.0695. The van der Waals surface area contributed by atoms with Crippen LogP contribution in [-0.2, 0) is 6.54 Å². The molecule has 2 aromatic carbocycles. The third-order valence-corrected chi connectivity index (χ3v) is 4.66. The fourth-order valence-electron chi connectivity index (χ4n) is 3.18. The molecule has 0 saturated heterocycles. The van der Waals surface area contributed by atoms with Crippen LogP contribution in [0.4, 0.5) is 14.6 Å². The third kappa shape index (κ3) is 3.37. The lowest BCUT2D eigenvalue weighted by Crippen LogP contribution is -2.23. The van der Waals surface area contributed by atoms with Gasteiger partial charge >= 0.3 is 0 Å². The van der Waals surface area contributed by atoms with Gasteiger partial charge in [0.15, 0.2) is 11.5 Å². The number of aromatic nitrogens is 4. The number of H-pyrrole nitrogens is 1. The Morgan fingerprint density at radius 3 is 2.67 bits per heavy atom. The molecule has 2 heterocycles. The van der Waals surface area contributed by atoms with Gasteiger partial charge in [0.1, 0.15) is 11.6 Å². The first kappa shape index (κ1) is 19.2. The smallest absolute Gasteiger partial charge is 0.271 e. The highest BCUT2D eigenvalue weighted by Gasteiger charge is 2.17. The lowest BCUT2D eigenvalue weighted by atomic mass is 10.0. The number of rotatable bonds is 4. The van der Waals surface area contributed by atoms with Gasteiger partial charge in [-0.05, 0) is 42.2 Å². The second-order valence-electron chi connectivity index (χ2n) is 6.48. The number of aromatic amines is 1. The van der Waals surface area contributed by atoms with Crippen LogP contribution >= 0.6 is 0 Å². The molecule has 0 bridgehead atoms. The van der Waals surface area contributed by atoms with Gasteiger partial charge in [-0.25, -0.2) is 18.8 Å². The second kappa shape index (κ2) is 7.72. The van der Waals surface area contributed by atoms with Crippen molar-refractivity contribution in [2.24, 2.45) is 4.99 Å². The fraction of sp³-hybridized carbons (Fsp3) is 0.0909. The number of aliphatic imine (C=N–C) groups is 1. The molecular weight excluding hydrogens is 388 g/mol. The molecule has 8 heteroatoms. The summed E-state index contributed by atoms with van der Waals surface area (Å²) in [6.45, 7) is 1.26. The summed E-state index contributed by atoms with van der Waals surface area (Å²) in [6, 6.07) is 7.79. The molecule has 0 aliphatic rings. The van der Waals surface area contributed by atoms with Crippen LogP contribution in [-0.4, -0.2) is 26.0 Å². The maximum Gasteiger partial charge on any atom is 0.271 e. The van der Waals surface area contributed by atoms with E-state index in [9.17, 15) is 13.6 Å². The van der Waals surface area contributed by atoms with Gasteiger partial charge in [0.25, 0.3) is 5.56 Å². The lowest BCUT2D eigenvalue weighted by Gasteiger charge is -2.13. The van der Waals surface area contributed by atoms with E-state index in [0.29, 0.717) is 11.1 Å². The standard InChI is InChI=1S/C22H15F2N5O/c1-3-19-22(25-4-2)29(21(30)11-26-19)12-16-17(23)7-15(8-18(16)24)13-5-6-14-10-27-28-20(14)9-13/h1,4-11H,12H2,2H3,(H,27,28). The number of halogens is 2. The summed E-state index contributed by atoms with van der Waals surface area (Å²) < 4.78 is 30.9. The third-order valence-electron chi connectivity index (χ3n) is 4.66. The average molecular weight is 403 g/mol.